The molecule has 0 bridgehead atoms. The van der Waals surface area contributed by atoms with Gasteiger partial charge in [0.1, 0.15) is 0 Å². The third-order valence-corrected chi connectivity index (χ3v) is 4.68. The zero-order valence-corrected chi connectivity index (χ0v) is 15.7. The Bertz CT molecular complexity index is 771. The topological polar surface area (TPSA) is 41.1 Å². The van der Waals surface area contributed by atoms with E-state index in [1.165, 1.54) is 12.1 Å². The Balaban J connectivity index is 2.16. The van der Waals surface area contributed by atoms with Crippen molar-refractivity contribution in [1.82, 2.24) is 5.32 Å². The van der Waals surface area contributed by atoms with Gasteiger partial charge in [-0.25, -0.2) is 0 Å². The molecule has 2 aromatic rings. The number of anilines is 1. The molecular formula is C14H7Cl5N2OS. The summed E-state index contributed by atoms with van der Waals surface area (Å²) in [6.45, 7) is 0. The standard InChI is InChI=1S/C14H7Cl5N2OS/c15-7-3-1-2-6(4-7)13(22)21-14(23)20-12-10(18)8(16)5-9(17)11(12)19/h1-5H,(H2,20,21,22,23). The van der Waals surface area contributed by atoms with E-state index in [-0.39, 0.29) is 30.9 Å². The Kier molecular flexibility index (Phi) is 6.37. The first-order chi connectivity index (χ1) is 10.8. The number of hydrogen-bond acceptors (Lipinski definition) is 2. The molecule has 2 N–H and O–H groups in total. The maximum absolute atomic E-state index is 12.1. The van der Waals surface area contributed by atoms with Crippen LogP contribution in [0.3, 0.4) is 0 Å². The Morgan fingerprint density at radius 3 is 2.13 bits per heavy atom. The van der Waals surface area contributed by atoms with Crippen LogP contribution in [0.5, 0.6) is 0 Å². The fourth-order valence-electron chi connectivity index (χ4n) is 1.63. The zero-order chi connectivity index (χ0) is 17.1. The van der Waals surface area contributed by atoms with Gasteiger partial charge in [0.05, 0.1) is 25.8 Å². The third kappa shape index (κ3) is 4.63. The second kappa shape index (κ2) is 7.88. The largest absolute Gasteiger partial charge is 0.330 e. The average molecular weight is 429 g/mol. The highest BCUT2D eigenvalue weighted by molar-refractivity contribution is 7.80. The molecule has 0 saturated carbocycles. The van der Waals surface area contributed by atoms with E-state index in [0.717, 1.165) is 0 Å². The number of halogens is 5. The molecular weight excluding hydrogens is 421 g/mol. The van der Waals surface area contributed by atoms with Gasteiger partial charge in [-0.2, -0.15) is 0 Å². The van der Waals surface area contributed by atoms with Crippen molar-refractivity contribution in [2.75, 3.05) is 5.32 Å². The molecule has 3 nitrogen and oxygen atoms in total. The lowest BCUT2D eigenvalue weighted by Crippen LogP contribution is -2.34. The highest BCUT2D eigenvalue weighted by atomic mass is 35.5. The van der Waals surface area contributed by atoms with Crippen LogP contribution in [0.25, 0.3) is 0 Å². The second-order valence-corrected chi connectivity index (χ2v) is 6.68. The van der Waals surface area contributed by atoms with Gasteiger partial charge in [-0.1, -0.05) is 64.1 Å². The summed E-state index contributed by atoms with van der Waals surface area (Å²) in [6, 6.07) is 7.82. The van der Waals surface area contributed by atoms with Crippen molar-refractivity contribution in [3.05, 3.63) is 61.0 Å². The normalized spacial score (nSPS) is 10.3. The number of amides is 1. The van der Waals surface area contributed by atoms with Crippen LogP contribution in [0, 0.1) is 0 Å². The van der Waals surface area contributed by atoms with Crippen LogP contribution < -0.4 is 10.6 Å². The van der Waals surface area contributed by atoms with Crippen LogP contribution in [0.15, 0.2) is 30.3 Å². The average Bonchev–Trinajstić information content (AvgIpc) is 2.49. The molecule has 0 unspecified atom stereocenters. The molecule has 0 aliphatic heterocycles. The van der Waals surface area contributed by atoms with Crippen molar-refractivity contribution >= 4 is 86.9 Å². The Morgan fingerprint density at radius 1 is 0.957 bits per heavy atom. The fraction of sp³-hybridized carbons (Fsp3) is 0. The van der Waals surface area contributed by atoms with Gasteiger partial charge in [-0.15, -0.1) is 0 Å². The Hall–Kier alpha value is -0.750. The molecule has 2 aromatic carbocycles. The first-order valence-electron chi connectivity index (χ1n) is 6.00. The third-order valence-electron chi connectivity index (χ3n) is 2.66. The van der Waals surface area contributed by atoms with Crippen molar-refractivity contribution in [3.63, 3.8) is 0 Å². The number of carbonyl (C=O) groups is 1. The van der Waals surface area contributed by atoms with Gasteiger partial charge in [0.25, 0.3) is 5.91 Å². The smallest absolute Gasteiger partial charge is 0.257 e. The van der Waals surface area contributed by atoms with Crippen molar-refractivity contribution < 1.29 is 4.79 Å². The summed E-state index contributed by atoms with van der Waals surface area (Å²) in [6.07, 6.45) is 0. The molecule has 120 valence electrons. The first kappa shape index (κ1) is 18.6. The van der Waals surface area contributed by atoms with Crippen LogP contribution in [0.1, 0.15) is 10.4 Å². The molecule has 0 fully saturated rings. The van der Waals surface area contributed by atoms with E-state index >= 15 is 0 Å². The van der Waals surface area contributed by atoms with E-state index in [2.05, 4.69) is 10.6 Å². The highest BCUT2D eigenvalue weighted by Gasteiger charge is 2.16. The quantitative estimate of drug-likeness (QED) is 0.450. The van der Waals surface area contributed by atoms with Gasteiger partial charge >= 0.3 is 0 Å². The predicted octanol–water partition coefficient (Wildman–Crippen LogP) is 6.08. The molecule has 0 aliphatic carbocycles. The van der Waals surface area contributed by atoms with Crippen LogP contribution >= 0.6 is 70.2 Å². The Morgan fingerprint density at radius 2 is 1.57 bits per heavy atom. The molecule has 0 aromatic heterocycles. The van der Waals surface area contributed by atoms with Crippen LogP contribution in [-0.2, 0) is 0 Å². The maximum Gasteiger partial charge on any atom is 0.257 e. The van der Waals surface area contributed by atoms with Gasteiger partial charge in [-0.3, -0.25) is 10.1 Å². The number of hydrogen-bond donors (Lipinski definition) is 2. The summed E-state index contributed by atoms with van der Waals surface area (Å²) in [5.74, 6) is -0.439. The maximum atomic E-state index is 12.1. The summed E-state index contributed by atoms with van der Waals surface area (Å²) >= 11 is 34.9. The van der Waals surface area contributed by atoms with Crippen LogP contribution in [-0.4, -0.2) is 11.0 Å². The molecule has 2 rings (SSSR count). The minimum absolute atomic E-state index is 0.0166. The number of benzene rings is 2. The van der Waals surface area contributed by atoms with E-state index in [4.69, 9.17) is 70.2 Å². The number of rotatable bonds is 2. The lowest BCUT2D eigenvalue weighted by atomic mass is 10.2. The molecule has 0 aliphatic rings. The lowest BCUT2D eigenvalue weighted by molar-refractivity contribution is 0.0977. The van der Waals surface area contributed by atoms with E-state index in [1.807, 2.05) is 0 Å². The predicted molar refractivity (Wildman–Crippen MR) is 102 cm³/mol. The van der Waals surface area contributed by atoms with Gasteiger partial charge in [0.2, 0.25) is 0 Å². The molecule has 0 atom stereocenters. The first-order valence-corrected chi connectivity index (χ1v) is 8.30. The molecule has 9 heteroatoms. The van der Waals surface area contributed by atoms with Crippen LogP contribution in [0.2, 0.25) is 25.1 Å². The van der Waals surface area contributed by atoms with E-state index < -0.39 is 5.91 Å². The summed E-state index contributed by atoms with van der Waals surface area (Å²) in [5, 5.41) is 6.29. The van der Waals surface area contributed by atoms with Gasteiger partial charge in [-0.05, 0) is 36.5 Å². The van der Waals surface area contributed by atoms with Gasteiger partial charge < -0.3 is 5.32 Å². The van der Waals surface area contributed by atoms with E-state index in [9.17, 15) is 4.79 Å². The van der Waals surface area contributed by atoms with Crippen molar-refractivity contribution in [2.24, 2.45) is 0 Å². The van der Waals surface area contributed by atoms with Gasteiger partial charge in [0.15, 0.2) is 5.11 Å². The summed E-state index contributed by atoms with van der Waals surface area (Å²) in [4.78, 5) is 12.1. The summed E-state index contributed by atoms with van der Waals surface area (Å²) in [7, 11) is 0. The summed E-state index contributed by atoms with van der Waals surface area (Å²) < 4.78 is 0. The van der Waals surface area contributed by atoms with E-state index in [1.54, 1.807) is 18.2 Å². The SMILES string of the molecule is O=C(NC(=S)Nc1c(Cl)c(Cl)cc(Cl)c1Cl)c1cccc(Cl)c1. The molecule has 23 heavy (non-hydrogen) atoms. The molecule has 1 amide bonds. The van der Waals surface area contributed by atoms with Crippen LogP contribution in [0.4, 0.5) is 5.69 Å². The van der Waals surface area contributed by atoms with Crippen molar-refractivity contribution in [2.45, 2.75) is 0 Å². The second-order valence-electron chi connectivity index (χ2n) is 4.26. The summed E-state index contributed by atoms with van der Waals surface area (Å²) in [5.41, 5.74) is 0.560. The van der Waals surface area contributed by atoms with E-state index in [0.29, 0.717) is 10.6 Å². The molecule has 0 saturated heterocycles. The molecule has 0 radical (unpaired) electrons. The lowest BCUT2D eigenvalue weighted by Gasteiger charge is -2.14. The van der Waals surface area contributed by atoms with Crippen molar-refractivity contribution in [3.8, 4) is 0 Å². The Labute approximate surface area is 162 Å². The fourth-order valence-corrected chi connectivity index (χ4v) is 2.92. The zero-order valence-electron chi connectivity index (χ0n) is 11.1. The van der Waals surface area contributed by atoms with Crippen molar-refractivity contribution in [1.29, 1.82) is 0 Å². The molecule has 0 spiro atoms. The number of thiocarbonyl (C=S) groups is 1. The van der Waals surface area contributed by atoms with Gasteiger partial charge in [0, 0.05) is 10.6 Å². The number of nitrogens with one attached hydrogen (secondary N) is 2. The monoisotopic (exact) mass is 426 g/mol. The minimum atomic E-state index is -0.439. The highest BCUT2D eigenvalue weighted by Crippen LogP contribution is 2.40. The minimum Gasteiger partial charge on any atom is -0.330 e. The molecule has 0 heterocycles. The number of carbonyl (C=O) groups excluding carboxylic acids is 1.